The van der Waals surface area contributed by atoms with Gasteiger partial charge in [0.2, 0.25) is 0 Å². The number of ether oxygens (including phenoxy) is 1. The maximum atomic E-state index is 11.6. The van der Waals surface area contributed by atoms with Crippen molar-refractivity contribution in [2.24, 2.45) is 0 Å². The molecule has 0 radical (unpaired) electrons. The molecule has 3 heterocycles. The lowest BCUT2D eigenvalue weighted by Crippen LogP contribution is -2.45. The first-order valence-electron chi connectivity index (χ1n) is 7.09. The van der Waals surface area contributed by atoms with Crippen LogP contribution in [0.2, 0.25) is 0 Å². The predicted octanol–water partition coefficient (Wildman–Crippen LogP) is 1.06. The molecule has 110 valence electrons. The number of hydrogen-bond donors (Lipinski definition) is 1. The summed E-state index contributed by atoms with van der Waals surface area (Å²) >= 11 is 1.68. The summed E-state index contributed by atoms with van der Waals surface area (Å²) in [4.78, 5) is 17.3. The molecule has 0 spiro atoms. The van der Waals surface area contributed by atoms with Crippen molar-refractivity contribution in [3.8, 4) is 0 Å². The second-order valence-corrected chi connectivity index (χ2v) is 6.28. The molecule has 1 N–H and O–H groups in total. The number of aliphatic carboxylic acids is 1. The predicted molar refractivity (Wildman–Crippen MR) is 77.2 cm³/mol. The molecule has 0 amide bonds. The molecule has 1 aromatic rings. The molecule has 2 aliphatic rings. The molecule has 3 rings (SSSR count). The smallest absolute Gasteiger partial charge is 0.325 e. The van der Waals surface area contributed by atoms with Crippen LogP contribution in [0.3, 0.4) is 0 Å². The number of fused-ring (bicyclic) bond motifs is 1. The van der Waals surface area contributed by atoms with Gasteiger partial charge in [-0.1, -0.05) is 0 Å². The van der Waals surface area contributed by atoms with Crippen LogP contribution in [0.15, 0.2) is 11.4 Å². The van der Waals surface area contributed by atoms with Gasteiger partial charge in [0.1, 0.15) is 6.04 Å². The minimum atomic E-state index is -0.730. The lowest BCUT2D eigenvalue weighted by atomic mass is 10.00. The van der Waals surface area contributed by atoms with E-state index in [9.17, 15) is 9.90 Å². The largest absolute Gasteiger partial charge is 0.480 e. The Labute approximate surface area is 122 Å². The van der Waals surface area contributed by atoms with Gasteiger partial charge in [0.25, 0.3) is 0 Å². The Morgan fingerprint density at radius 3 is 2.90 bits per heavy atom. The van der Waals surface area contributed by atoms with Crippen LogP contribution in [0.5, 0.6) is 0 Å². The summed E-state index contributed by atoms with van der Waals surface area (Å²) in [6.07, 6.45) is 0.972. The zero-order valence-corrected chi connectivity index (χ0v) is 12.3. The van der Waals surface area contributed by atoms with E-state index in [0.29, 0.717) is 0 Å². The molecule has 2 aliphatic heterocycles. The van der Waals surface area contributed by atoms with E-state index in [-0.39, 0.29) is 0 Å². The lowest BCUT2D eigenvalue weighted by Gasteiger charge is -2.35. The molecular weight excluding hydrogens is 276 g/mol. The first-order chi connectivity index (χ1) is 9.75. The average molecular weight is 296 g/mol. The fourth-order valence-corrected chi connectivity index (χ4v) is 3.90. The van der Waals surface area contributed by atoms with Crippen LogP contribution in [0.4, 0.5) is 0 Å². The maximum Gasteiger partial charge on any atom is 0.325 e. The molecule has 1 fully saturated rings. The highest BCUT2D eigenvalue weighted by Gasteiger charge is 2.33. The Bertz CT molecular complexity index is 471. The molecule has 0 aromatic carbocycles. The van der Waals surface area contributed by atoms with E-state index in [0.717, 1.165) is 57.9 Å². The van der Waals surface area contributed by atoms with Crippen molar-refractivity contribution in [1.29, 1.82) is 0 Å². The normalized spacial score (nSPS) is 24.5. The van der Waals surface area contributed by atoms with Crippen LogP contribution in [0, 0.1) is 0 Å². The summed E-state index contributed by atoms with van der Waals surface area (Å²) in [6, 6.07) is 1.51. The molecular formula is C14H20N2O3S. The summed E-state index contributed by atoms with van der Waals surface area (Å²) in [5, 5.41) is 11.5. The molecule has 1 aromatic heterocycles. The first-order valence-corrected chi connectivity index (χ1v) is 7.97. The van der Waals surface area contributed by atoms with E-state index < -0.39 is 12.0 Å². The SMILES string of the molecule is O=C(O)C1c2ccsc2CCN1CCN1CCOCC1. The fraction of sp³-hybridized carbons (Fsp3) is 0.643. The summed E-state index contributed by atoms with van der Waals surface area (Å²) < 4.78 is 5.34. The average Bonchev–Trinajstić information content (AvgIpc) is 2.93. The van der Waals surface area contributed by atoms with Crippen molar-refractivity contribution in [1.82, 2.24) is 9.80 Å². The van der Waals surface area contributed by atoms with Crippen molar-refractivity contribution >= 4 is 17.3 Å². The lowest BCUT2D eigenvalue weighted by molar-refractivity contribution is -0.144. The van der Waals surface area contributed by atoms with Gasteiger partial charge in [0.05, 0.1) is 13.2 Å². The number of carboxylic acids is 1. The number of nitrogens with zero attached hydrogens (tertiary/aromatic N) is 2. The quantitative estimate of drug-likeness (QED) is 0.900. The van der Waals surface area contributed by atoms with Crippen LogP contribution < -0.4 is 0 Å². The Balaban J connectivity index is 1.65. The van der Waals surface area contributed by atoms with Gasteiger partial charge < -0.3 is 9.84 Å². The highest BCUT2D eigenvalue weighted by molar-refractivity contribution is 7.10. The van der Waals surface area contributed by atoms with Crippen molar-refractivity contribution in [3.63, 3.8) is 0 Å². The van der Waals surface area contributed by atoms with Gasteiger partial charge in [-0.15, -0.1) is 11.3 Å². The van der Waals surface area contributed by atoms with Crippen molar-refractivity contribution in [2.45, 2.75) is 12.5 Å². The Morgan fingerprint density at radius 1 is 1.35 bits per heavy atom. The molecule has 6 heteroatoms. The van der Waals surface area contributed by atoms with Crippen LogP contribution in [-0.2, 0) is 16.0 Å². The third kappa shape index (κ3) is 2.88. The van der Waals surface area contributed by atoms with Crippen LogP contribution in [-0.4, -0.2) is 66.8 Å². The molecule has 0 bridgehead atoms. The van der Waals surface area contributed by atoms with E-state index >= 15 is 0 Å². The van der Waals surface area contributed by atoms with Gasteiger partial charge in [-0.25, -0.2) is 0 Å². The van der Waals surface area contributed by atoms with Gasteiger partial charge in [-0.05, 0) is 23.4 Å². The Morgan fingerprint density at radius 2 is 2.15 bits per heavy atom. The number of thiophene rings is 1. The van der Waals surface area contributed by atoms with Crippen molar-refractivity contribution < 1.29 is 14.6 Å². The minimum Gasteiger partial charge on any atom is -0.480 e. The Hall–Kier alpha value is -0.950. The van der Waals surface area contributed by atoms with E-state index in [1.165, 1.54) is 4.88 Å². The van der Waals surface area contributed by atoms with E-state index in [1.807, 2.05) is 11.4 Å². The molecule has 1 unspecified atom stereocenters. The summed E-state index contributed by atoms with van der Waals surface area (Å²) in [5.41, 5.74) is 0.996. The summed E-state index contributed by atoms with van der Waals surface area (Å²) in [7, 11) is 0. The molecule has 1 saturated heterocycles. The number of rotatable bonds is 4. The summed E-state index contributed by atoms with van der Waals surface area (Å²) in [5.74, 6) is -0.730. The standard InChI is InChI=1S/C14H20N2O3S/c17-14(18)13-11-2-10-20-12(11)1-3-16(13)5-4-15-6-8-19-9-7-15/h2,10,13H,1,3-9H2,(H,17,18). The second kappa shape index (κ2) is 6.22. The summed E-state index contributed by atoms with van der Waals surface area (Å²) in [6.45, 7) is 6.06. The molecule has 0 saturated carbocycles. The van der Waals surface area contributed by atoms with Crippen LogP contribution >= 0.6 is 11.3 Å². The topological polar surface area (TPSA) is 53.0 Å². The van der Waals surface area contributed by atoms with Crippen LogP contribution in [0.1, 0.15) is 16.5 Å². The van der Waals surface area contributed by atoms with E-state index in [1.54, 1.807) is 11.3 Å². The number of carboxylic acid groups (broad SMARTS) is 1. The molecule has 0 aliphatic carbocycles. The maximum absolute atomic E-state index is 11.6. The first kappa shape index (κ1) is 14.0. The third-order valence-corrected chi connectivity index (χ3v) is 5.10. The zero-order chi connectivity index (χ0) is 13.9. The number of hydrogen-bond acceptors (Lipinski definition) is 5. The highest BCUT2D eigenvalue weighted by atomic mass is 32.1. The Kier molecular flexibility index (Phi) is 4.35. The number of carbonyl (C=O) groups is 1. The van der Waals surface area contributed by atoms with Gasteiger partial charge in [-0.3, -0.25) is 14.6 Å². The zero-order valence-electron chi connectivity index (χ0n) is 11.5. The van der Waals surface area contributed by atoms with Gasteiger partial charge in [0.15, 0.2) is 0 Å². The highest BCUT2D eigenvalue weighted by Crippen LogP contribution is 2.33. The van der Waals surface area contributed by atoms with E-state index in [2.05, 4.69) is 9.80 Å². The monoisotopic (exact) mass is 296 g/mol. The molecule has 20 heavy (non-hydrogen) atoms. The molecule has 1 atom stereocenters. The van der Waals surface area contributed by atoms with Crippen LogP contribution in [0.25, 0.3) is 0 Å². The van der Waals surface area contributed by atoms with Gasteiger partial charge >= 0.3 is 5.97 Å². The van der Waals surface area contributed by atoms with Crippen molar-refractivity contribution in [2.75, 3.05) is 45.9 Å². The number of morpholine rings is 1. The van der Waals surface area contributed by atoms with Gasteiger partial charge in [-0.2, -0.15) is 0 Å². The van der Waals surface area contributed by atoms with E-state index in [4.69, 9.17) is 4.74 Å². The fourth-order valence-electron chi connectivity index (χ4n) is 2.99. The van der Waals surface area contributed by atoms with Crippen molar-refractivity contribution in [3.05, 3.63) is 21.9 Å². The minimum absolute atomic E-state index is 0.467. The molecule has 5 nitrogen and oxygen atoms in total. The van der Waals surface area contributed by atoms with Gasteiger partial charge in [0, 0.05) is 37.6 Å². The second-order valence-electron chi connectivity index (χ2n) is 5.28. The third-order valence-electron chi connectivity index (χ3n) is 4.11.